The van der Waals surface area contributed by atoms with E-state index in [0.717, 1.165) is 77.4 Å². The fourth-order valence-corrected chi connectivity index (χ4v) is 7.25. The number of hydrogen-bond donors (Lipinski definition) is 0. The van der Waals surface area contributed by atoms with E-state index in [9.17, 15) is 0 Å². The Balaban J connectivity index is 1.13. The number of aromatic nitrogens is 6. The summed E-state index contributed by atoms with van der Waals surface area (Å²) in [5.41, 5.74) is 10.7. The minimum absolute atomic E-state index is 0.500. The molecule has 0 spiro atoms. The van der Waals surface area contributed by atoms with Gasteiger partial charge in [-0.3, -0.25) is 4.57 Å². The maximum atomic E-state index is 6.22. The number of fused-ring (bicyclic) bond motifs is 5. The van der Waals surface area contributed by atoms with Crippen LogP contribution in [0.3, 0.4) is 0 Å². The molecule has 0 bridgehead atoms. The molecule has 0 fully saturated rings. The molecule has 8 heteroatoms. The fraction of sp³-hybridized carbons (Fsp3) is 0. The smallest absolute Gasteiger partial charge is 0.238 e. The Morgan fingerprint density at radius 3 is 1.29 bits per heavy atom. The largest absolute Gasteiger partial charge is 0.436 e. The third-order valence-corrected chi connectivity index (χ3v) is 9.95. The second-order valence-electron chi connectivity index (χ2n) is 13.4. The van der Waals surface area contributed by atoms with Crippen molar-refractivity contribution in [2.75, 3.05) is 0 Å². The molecule has 0 amide bonds. The molecule has 0 aliphatic carbocycles. The van der Waals surface area contributed by atoms with Crippen LogP contribution in [0.5, 0.6) is 0 Å². The number of hydrogen-bond acceptors (Lipinski definition) is 7. The summed E-state index contributed by atoms with van der Waals surface area (Å²) in [7, 11) is 0. The Bertz CT molecular complexity index is 3000. The topological polar surface area (TPSA) is 95.7 Å². The Morgan fingerprint density at radius 2 is 0.764 bits per heavy atom. The van der Waals surface area contributed by atoms with Crippen LogP contribution in [0.2, 0.25) is 0 Å². The number of para-hydroxylation sites is 4. The molecule has 0 atom stereocenters. The van der Waals surface area contributed by atoms with Gasteiger partial charge in [0.15, 0.2) is 22.8 Å². The molecule has 11 rings (SSSR count). The molecule has 0 N–H and O–H groups in total. The van der Waals surface area contributed by atoms with Crippen LogP contribution in [0.4, 0.5) is 0 Å². The van der Waals surface area contributed by atoms with Gasteiger partial charge in [-0.1, -0.05) is 109 Å². The lowest BCUT2D eigenvalue weighted by atomic mass is 10.0. The zero-order valence-corrected chi connectivity index (χ0v) is 29.2. The highest BCUT2D eigenvalue weighted by molar-refractivity contribution is 6.11. The Hall–Kier alpha value is -7.71. The normalized spacial score (nSPS) is 11.6. The van der Waals surface area contributed by atoms with E-state index in [4.69, 9.17) is 33.8 Å². The molecule has 0 aliphatic heterocycles. The van der Waals surface area contributed by atoms with Crippen molar-refractivity contribution < 1.29 is 8.83 Å². The average molecular weight is 709 g/mol. The molecule has 0 saturated heterocycles. The van der Waals surface area contributed by atoms with E-state index in [1.54, 1.807) is 0 Å². The number of benzene rings is 7. The Kier molecular flexibility index (Phi) is 6.99. The van der Waals surface area contributed by atoms with Gasteiger partial charge in [-0.15, -0.1) is 0 Å². The van der Waals surface area contributed by atoms with E-state index >= 15 is 0 Å². The summed E-state index contributed by atoms with van der Waals surface area (Å²) in [6.07, 6.45) is 0. The van der Waals surface area contributed by atoms with Gasteiger partial charge in [-0.25, -0.2) is 15.0 Å². The molecular weight excluding hydrogens is 681 g/mol. The van der Waals surface area contributed by atoms with Crippen molar-refractivity contribution in [2.24, 2.45) is 0 Å². The third-order valence-electron chi connectivity index (χ3n) is 9.95. The molecule has 8 nitrogen and oxygen atoms in total. The standard InChI is InChI=1S/C47H28N6O2/c1-3-11-29(12-4-1)30-19-21-32(22-20-30)44-50-43(31-13-5-2-6-14-31)51-47(52-44)53-39-25-23-33(45-48-37-15-7-9-17-41(37)54-45)27-35(39)36-28-34(24-26-40(36)53)46-49-38-16-8-10-18-42(38)55-46/h1-28H. The van der Waals surface area contributed by atoms with Crippen LogP contribution in [0.1, 0.15) is 0 Å². The van der Waals surface area contributed by atoms with Crippen LogP contribution in [-0.4, -0.2) is 29.5 Å². The number of oxazole rings is 2. The van der Waals surface area contributed by atoms with Gasteiger partial charge >= 0.3 is 0 Å². The van der Waals surface area contributed by atoms with Crippen LogP contribution in [-0.2, 0) is 0 Å². The van der Waals surface area contributed by atoms with Crippen molar-refractivity contribution in [3.8, 4) is 62.8 Å². The van der Waals surface area contributed by atoms with Gasteiger partial charge in [0.05, 0.1) is 11.0 Å². The van der Waals surface area contributed by atoms with Gasteiger partial charge in [-0.05, 0) is 71.8 Å². The second-order valence-corrected chi connectivity index (χ2v) is 13.4. The lowest BCUT2D eigenvalue weighted by Gasteiger charge is -2.11. The lowest BCUT2D eigenvalue weighted by molar-refractivity contribution is 0.619. The first-order valence-electron chi connectivity index (χ1n) is 18.0. The first-order chi connectivity index (χ1) is 27.2. The van der Waals surface area contributed by atoms with Crippen molar-refractivity contribution in [1.82, 2.24) is 29.5 Å². The Labute approximate surface area is 314 Å². The summed E-state index contributed by atoms with van der Waals surface area (Å²) in [5.74, 6) is 2.75. The molecule has 55 heavy (non-hydrogen) atoms. The van der Waals surface area contributed by atoms with Crippen LogP contribution < -0.4 is 0 Å². The van der Waals surface area contributed by atoms with E-state index in [2.05, 4.69) is 65.2 Å². The predicted octanol–water partition coefficient (Wildman–Crippen LogP) is 11.6. The monoisotopic (exact) mass is 708 g/mol. The van der Waals surface area contributed by atoms with Gasteiger partial charge in [0, 0.05) is 33.0 Å². The molecular formula is C47H28N6O2. The van der Waals surface area contributed by atoms with Crippen LogP contribution in [0.25, 0.3) is 107 Å². The summed E-state index contributed by atoms with van der Waals surface area (Å²) in [6, 6.07) is 56.8. The second kappa shape index (κ2) is 12.5. The summed E-state index contributed by atoms with van der Waals surface area (Å²) in [5, 5.41) is 1.95. The maximum absolute atomic E-state index is 6.22. The van der Waals surface area contributed by atoms with Gasteiger partial charge in [0.25, 0.3) is 0 Å². The number of rotatable bonds is 6. The SMILES string of the molecule is c1ccc(-c2ccc(-c3nc(-c4ccccc4)nc(-n4c5ccc(-c6nc7ccccc7o6)cc5c5cc(-c6nc7ccccc7o6)ccc54)n3)cc2)cc1. The van der Waals surface area contributed by atoms with Gasteiger partial charge in [0.1, 0.15) is 11.0 Å². The molecule has 0 unspecified atom stereocenters. The summed E-state index contributed by atoms with van der Waals surface area (Å²) >= 11 is 0. The van der Waals surface area contributed by atoms with Crippen LogP contribution in [0.15, 0.2) is 179 Å². The number of nitrogens with zero attached hydrogens (tertiary/aromatic N) is 6. The maximum Gasteiger partial charge on any atom is 0.238 e. The first kappa shape index (κ1) is 30.9. The molecule has 0 saturated carbocycles. The van der Waals surface area contributed by atoms with Crippen molar-refractivity contribution in [3.63, 3.8) is 0 Å². The highest BCUT2D eigenvalue weighted by Gasteiger charge is 2.21. The van der Waals surface area contributed by atoms with E-state index in [1.165, 1.54) is 0 Å². The highest BCUT2D eigenvalue weighted by Crippen LogP contribution is 2.38. The molecule has 4 aromatic heterocycles. The summed E-state index contributed by atoms with van der Waals surface area (Å²) in [4.78, 5) is 24.9. The Morgan fingerprint density at radius 1 is 0.345 bits per heavy atom. The minimum atomic E-state index is 0.500. The third kappa shape index (κ3) is 5.35. The molecule has 0 aliphatic rings. The zero-order valence-electron chi connectivity index (χ0n) is 29.2. The van der Waals surface area contributed by atoms with E-state index in [-0.39, 0.29) is 0 Å². The zero-order chi connectivity index (χ0) is 36.3. The van der Waals surface area contributed by atoms with E-state index in [1.807, 2.05) is 109 Å². The molecule has 11 aromatic rings. The van der Waals surface area contributed by atoms with Crippen LogP contribution in [0, 0.1) is 0 Å². The fourth-order valence-electron chi connectivity index (χ4n) is 7.25. The van der Waals surface area contributed by atoms with Crippen molar-refractivity contribution in [3.05, 3.63) is 170 Å². The minimum Gasteiger partial charge on any atom is -0.436 e. The quantitative estimate of drug-likeness (QED) is 0.170. The van der Waals surface area contributed by atoms with Crippen molar-refractivity contribution in [1.29, 1.82) is 0 Å². The summed E-state index contributed by atoms with van der Waals surface area (Å²) in [6.45, 7) is 0. The lowest BCUT2D eigenvalue weighted by Crippen LogP contribution is -2.06. The van der Waals surface area contributed by atoms with Crippen molar-refractivity contribution in [2.45, 2.75) is 0 Å². The predicted molar refractivity (Wildman–Crippen MR) is 216 cm³/mol. The van der Waals surface area contributed by atoms with Gasteiger partial charge < -0.3 is 8.83 Å². The van der Waals surface area contributed by atoms with Gasteiger partial charge in [-0.2, -0.15) is 9.97 Å². The highest BCUT2D eigenvalue weighted by atomic mass is 16.4. The molecule has 4 heterocycles. The van der Waals surface area contributed by atoms with E-state index in [0.29, 0.717) is 29.4 Å². The average Bonchev–Trinajstić information content (AvgIpc) is 3.98. The summed E-state index contributed by atoms with van der Waals surface area (Å²) < 4.78 is 14.6. The molecule has 258 valence electrons. The van der Waals surface area contributed by atoms with Crippen LogP contribution >= 0.6 is 0 Å². The first-order valence-corrected chi connectivity index (χ1v) is 18.0. The molecule has 7 aromatic carbocycles. The van der Waals surface area contributed by atoms with Gasteiger partial charge in [0.2, 0.25) is 17.7 Å². The molecule has 0 radical (unpaired) electrons. The van der Waals surface area contributed by atoms with Crippen molar-refractivity contribution >= 4 is 44.0 Å². The van der Waals surface area contributed by atoms with E-state index < -0.39 is 0 Å².